The summed E-state index contributed by atoms with van der Waals surface area (Å²) in [4.78, 5) is 18.2. The van der Waals surface area contributed by atoms with Gasteiger partial charge < -0.3 is 10.2 Å². The highest BCUT2D eigenvalue weighted by Crippen LogP contribution is 2.19. The maximum absolute atomic E-state index is 12.1. The van der Waals surface area contributed by atoms with Crippen molar-refractivity contribution in [1.82, 2.24) is 10.3 Å². The third kappa shape index (κ3) is 3.35. The monoisotopic (exact) mass is 269 g/mol. The van der Waals surface area contributed by atoms with Crippen LogP contribution < -0.4 is 10.2 Å². The van der Waals surface area contributed by atoms with Gasteiger partial charge in [-0.25, -0.2) is 0 Å². The van der Waals surface area contributed by atoms with Crippen LogP contribution >= 0.6 is 0 Å². The van der Waals surface area contributed by atoms with E-state index in [-0.39, 0.29) is 5.91 Å². The molecule has 1 heterocycles. The van der Waals surface area contributed by atoms with E-state index in [9.17, 15) is 4.79 Å². The number of rotatable bonds is 4. The number of benzene rings is 1. The van der Waals surface area contributed by atoms with Crippen LogP contribution in [0, 0.1) is 6.92 Å². The molecule has 0 saturated carbocycles. The molecule has 1 aromatic carbocycles. The molecule has 2 aromatic rings. The zero-order valence-electron chi connectivity index (χ0n) is 12.1. The summed E-state index contributed by atoms with van der Waals surface area (Å²) in [6, 6.07) is 9.52. The Labute approximate surface area is 119 Å². The predicted octanol–water partition coefficient (Wildman–Crippen LogP) is 2.39. The molecule has 4 nitrogen and oxygen atoms in total. The fourth-order valence-corrected chi connectivity index (χ4v) is 2.09. The van der Waals surface area contributed by atoms with E-state index < -0.39 is 0 Å². The van der Waals surface area contributed by atoms with E-state index in [2.05, 4.69) is 10.3 Å². The van der Waals surface area contributed by atoms with Gasteiger partial charge in [-0.2, -0.15) is 0 Å². The third-order valence-corrected chi connectivity index (χ3v) is 3.12. The van der Waals surface area contributed by atoms with Gasteiger partial charge in [-0.3, -0.25) is 9.78 Å². The fraction of sp³-hybridized carbons (Fsp3) is 0.250. The number of anilines is 1. The molecule has 0 atom stereocenters. The SMILES string of the molecule is Cc1cc(C(=O)NCc2cccnc2)ccc1N(C)C. The number of amides is 1. The molecule has 20 heavy (non-hydrogen) atoms. The Morgan fingerprint density at radius 2 is 2.10 bits per heavy atom. The largest absolute Gasteiger partial charge is 0.377 e. The lowest BCUT2D eigenvalue weighted by molar-refractivity contribution is 0.0951. The van der Waals surface area contributed by atoms with Gasteiger partial charge in [0, 0.05) is 44.3 Å². The molecule has 0 spiro atoms. The van der Waals surface area contributed by atoms with E-state index in [1.807, 2.05) is 56.3 Å². The Bertz CT molecular complexity index is 594. The molecule has 0 fully saturated rings. The first-order valence-corrected chi connectivity index (χ1v) is 6.53. The van der Waals surface area contributed by atoms with E-state index in [4.69, 9.17) is 0 Å². The first-order valence-electron chi connectivity index (χ1n) is 6.53. The molecule has 0 unspecified atom stereocenters. The topological polar surface area (TPSA) is 45.2 Å². The third-order valence-electron chi connectivity index (χ3n) is 3.12. The Morgan fingerprint density at radius 1 is 1.30 bits per heavy atom. The predicted molar refractivity (Wildman–Crippen MR) is 80.9 cm³/mol. The summed E-state index contributed by atoms with van der Waals surface area (Å²) in [5.74, 6) is -0.0674. The number of nitrogens with zero attached hydrogens (tertiary/aromatic N) is 2. The Hall–Kier alpha value is -2.36. The maximum atomic E-state index is 12.1. The van der Waals surface area contributed by atoms with Crippen LogP contribution in [0.2, 0.25) is 0 Å². The second-order valence-corrected chi connectivity index (χ2v) is 4.94. The summed E-state index contributed by atoms with van der Waals surface area (Å²) in [7, 11) is 3.98. The number of pyridine rings is 1. The van der Waals surface area contributed by atoms with Crippen LogP contribution in [0.3, 0.4) is 0 Å². The van der Waals surface area contributed by atoms with Gasteiger partial charge in [-0.1, -0.05) is 6.07 Å². The molecule has 0 aliphatic heterocycles. The van der Waals surface area contributed by atoms with E-state index in [0.29, 0.717) is 12.1 Å². The summed E-state index contributed by atoms with van der Waals surface area (Å²) in [5.41, 5.74) is 3.87. The molecule has 0 radical (unpaired) electrons. The van der Waals surface area contributed by atoms with Crippen LogP contribution in [0.5, 0.6) is 0 Å². The molecule has 0 aliphatic carbocycles. The van der Waals surface area contributed by atoms with Gasteiger partial charge in [-0.05, 0) is 42.3 Å². The number of nitrogens with one attached hydrogen (secondary N) is 1. The van der Waals surface area contributed by atoms with Crippen LogP contribution in [0.1, 0.15) is 21.5 Å². The van der Waals surface area contributed by atoms with E-state index in [1.165, 1.54) is 0 Å². The zero-order chi connectivity index (χ0) is 14.5. The normalized spacial score (nSPS) is 10.2. The number of carbonyl (C=O) groups excluding carboxylic acids is 1. The van der Waals surface area contributed by atoms with Crippen molar-refractivity contribution in [3.63, 3.8) is 0 Å². The van der Waals surface area contributed by atoms with Crippen LogP contribution in [-0.4, -0.2) is 25.0 Å². The lowest BCUT2D eigenvalue weighted by Crippen LogP contribution is -2.23. The quantitative estimate of drug-likeness (QED) is 0.927. The van der Waals surface area contributed by atoms with Gasteiger partial charge >= 0.3 is 0 Å². The molecule has 0 saturated heterocycles. The van der Waals surface area contributed by atoms with Gasteiger partial charge in [0.15, 0.2) is 0 Å². The standard InChI is InChI=1S/C16H19N3O/c1-12-9-14(6-7-15(12)19(2)3)16(20)18-11-13-5-4-8-17-10-13/h4-10H,11H2,1-3H3,(H,18,20). The highest BCUT2D eigenvalue weighted by molar-refractivity contribution is 5.94. The molecular formula is C16H19N3O. The summed E-state index contributed by atoms with van der Waals surface area (Å²) in [5, 5.41) is 2.90. The van der Waals surface area contributed by atoms with Crippen molar-refractivity contribution in [1.29, 1.82) is 0 Å². The van der Waals surface area contributed by atoms with Crippen molar-refractivity contribution in [2.75, 3.05) is 19.0 Å². The molecule has 4 heteroatoms. The highest BCUT2D eigenvalue weighted by atomic mass is 16.1. The van der Waals surface area contributed by atoms with Gasteiger partial charge in [0.05, 0.1) is 0 Å². The van der Waals surface area contributed by atoms with Crippen LogP contribution in [0.4, 0.5) is 5.69 Å². The van der Waals surface area contributed by atoms with Gasteiger partial charge in [0.25, 0.3) is 5.91 Å². The molecule has 2 rings (SSSR count). The van der Waals surface area contributed by atoms with Crippen molar-refractivity contribution < 1.29 is 4.79 Å². The van der Waals surface area contributed by atoms with E-state index in [0.717, 1.165) is 16.8 Å². The van der Waals surface area contributed by atoms with E-state index >= 15 is 0 Å². The van der Waals surface area contributed by atoms with Crippen LogP contribution in [-0.2, 0) is 6.54 Å². The minimum Gasteiger partial charge on any atom is -0.377 e. The van der Waals surface area contributed by atoms with Crippen molar-refractivity contribution in [2.24, 2.45) is 0 Å². The minimum atomic E-state index is -0.0674. The number of hydrogen-bond donors (Lipinski definition) is 1. The van der Waals surface area contributed by atoms with Crippen molar-refractivity contribution in [3.05, 3.63) is 59.4 Å². The Kier molecular flexibility index (Phi) is 4.35. The number of aromatic nitrogens is 1. The van der Waals surface area contributed by atoms with Crippen LogP contribution in [0.15, 0.2) is 42.7 Å². The second kappa shape index (κ2) is 6.19. The van der Waals surface area contributed by atoms with Crippen LogP contribution in [0.25, 0.3) is 0 Å². The Morgan fingerprint density at radius 3 is 2.70 bits per heavy atom. The van der Waals surface area contributed by atoms with Crippen molar-refractivity contribution in [3.8, 4) is 0 Å². The zero-order valence-corrected chi connectivity index (χ0v) is 12.1. The van der Waals surface area contributed by atoms with Gasteiger partial charge in [0.1, 0.15) is 0 Å². The smallest absolute Gasteiger partial charge is 0.251 e. The Balaban J connectivity index is 2.04. The average Bonchev–Trinajstić information content (AvgIpc) is 2.45. The fourth-order valence-electron chi connectivity index (χ4n) is 2.09. The van der Waals surface area contributed by atoms with Gasteiger partial charge in [0.2, 0.25) is 0 Å². The maximum Gasteiger partial charge on any atom is 0.251 e. The number of aryl methyl sites for hydroxylation is 1. The van der Waals surface area contributed by atoms with Gasteiger partial charge in [-0.15, -0.1) is 0 Å². The molecule has 1 N–H and O–H groups in total. The first kappa shape index (κ1) is 14.1. The van der Waals surface area contributed by atoms with Crippen molar-refractivity contribution in [2.45, 2.75) is 13.5 Å². The molecule has 0 aliphatic rings. The molecule has 1 amide bonds. The van der Waals surface area contributed by atoms with Crippen molar-refractivity contribution >= 4 is 11.6 Å². The first-order chi connectivity index (χ1) is 9.58. The molecule has 1 aromatic heterocycles. The average molecular weight is 269 g/mol. The number of carbonyl (C=O) groups is 1. The summed E-state index contributed by atoms with van der Waals surface area (Å²) in [6.45, 7) is 2.49. The number of hydrogen-bond acceptors (Lipinski definition) is 3. The summed E-state index contributed by atoms with van der Waals surface area (Å²) in [6.07, 6.45) is 3.47. The molecular weight excluding hydrogens is 250 g/mol. The van der Waals surface area contributed by atoms with E-state index in [1.54, 1.807) is 12.4 Å². The lowest BCUT2D eigenvalue weighted by atomic mass is 10.1. The summed E-state index contributed by atoms with van der Waals surface area (Å²) >= 11 is 0. The second-order valence-electron chi connectivity index (χ2n) is 4.94. The molecule has 104 valence electrons. The summed E-state index contributed by atoms with van der Waals surface area (Å²) < 4.78 is 0. The highest BCUT2D eigenvalue weighted by Gasteiger charge is 2.08. The minimum absolute atomic E-state index is 0.0674. The molecule has 0 bridgehead atoms. The lowest BCUT2D eigenvalue weighted by Gasteiger charge is -2.16.